The van der Waals surface area contributed by atoms with Gasteiger partial charge in [0.1, 0.15) is 0 Å². The van der Waals surface area contributed by atoms with Crippen molar-refractivity contribution >= 4 is 10.4 Å². The van der Waals surface area contributed by atoms with Crippen molar-refractivity contribution in [2.75, 3.05) is 7.11 Å². The molecule has 6 heteroatoms. The van der Waals surface area contributed by atoms with Crippen LogP contribution in [-0.2, 0) is 37.0 Å². The maximum Gasteiger partial charge on any atom is 1.00 e. The van der Waals surface area contributed by atoms with Gasteiger partial charge in [-0.2, -0.15) is 0 Å². The van der Waals surface area contributed by atoms with E-state index in [4.69, 9.17) is 0 Å². The molecule has 0 N–H and O–H groups in total. The third kappa shape index (κ3) is 10.8. The van der Waals surface area contributed by atoms with Crippen LogP contribution in [0.25, 0.3) is 0 Å². The first-order valence-corrected chi connectivity index (χ1v) is 2.41. The van der Waals surface area contributed by atoms with Gasteiger partial charge in [-0.3, -0.25) is 4.18 Å². The van der Waals surface area contributed by atoms with Gasteiger partial charge in [0.15, 0.2) is 0 Å². The quantitative estimate of drug-likeness (QED) is 0.325. The molecule has 0 aromatic carbocycles. The molecule has 0 fully saturated rings. The summed E-state index contributed by atoms with van der Waals surface area (Å²) in [5.74, 6) is 0. The van der Waals surface area contributed by atoms with Crippen LogP contribution in [-0.4, -0.2) is 20.1 Å². The van der Waals surface area contributed by atoms with E-state index in [1.807, 2.05) is 0 Å². The van der Waals surface area contributed by atoms with Gasteiger partial charge in [0.25, 0.3) is 0 Å². The van der Waals surface area contributed by atoms with Crippen molar-refractivity contribution in [3.05, 3.63) is 0 Å². The molecule has 0 rings (SSSR count). The topological polar surface area (TPSA) is 66.4 Å². The summed E-state index contributed by atoms with van der Waals surface area (Å²) in [6.07, 6.45) is 0. The molecule has 0 aliphatic rings. The number of hydrogen-bond acceptors (Lipinski definition) is 4. The summed E-state index contributed by atoms with van der Waals surface area (Å²) in [4.78, 5) is 0. The number of rotatable bonds is 1. The fourth-order valence-electron chi connectivity index (χ4n) is 0. The molecule has 0 bridgehead atoms. The molecule has 4 nitrogen and oxygen atoms in total. The molecular formula is CH3AgO4S. The third-order valence-electron chi connectivity index (χ3n) is 0.204. The second kappa shape index (κ2) is 3.59. The van der Waals surface area contributed by atoms with Crippen molar-refractivity contribution in [3.63, 3.8) is 0 Å². The Kier molecular flexibility index (Phi) is 5.42. The van der Waals surface area contributed by atoms with Gasteiger partial charge in [-0.05, 0) is 0 Å². The van der Waals surface area contributed by atoms with E-state index in [-0.39, 0.29) is 22.4 Å². The zero-order valence-electron chi connectivity index (χ0n) is 3.34. The Balaban J connectivity index is 0. The Morgan fingerprint density at radius 3 is 1.71 bits per heavy atom. The van der Waals surface area contributed by atoms with Gasteiger partial charge in [0.2, 0.25) is 10.4 Å². The van der Waals surface area contributed by atoms with E-state index in [9.17, 15) is 13.0 Å². The minimum Gasteiger partial charge on any atom is -0.726 e. The zero-order chi connectivity index (χ0) is 5.21. The predicted molar refractivity (Wildman–Crippen MR) is 16.7 cm³/mol. The minimum atomic E-state index is -4.41. The van der Waals surface area contributed by atoms with Gasteiger partial charge < -0.3 is 4.55 Å². The molecule has 0 atom stereocenters. The summed E-state index contributed by atoms with van der Waals surface area (Å²) in [6, 6.07) is 0. The van der Waals surface area contributed by atoms with E-state index in [2.05, 4.69) is 4.18 Å². The SMILES string of the molecule is COS(=O)(=O)[O-].[Ag+]. The van der Waals surface area contributed by atoms with Crippen molar-refractivity contribution in [1.29, 1.82) is 0 Å². The fraction of sp³-hybridized carbons (Fsp3) is 1.00. The maximum atomic E-state index is 9.22. The summed E-state index contributed by atoms with van der Waals surface area (Å²) in [7, 11) is -3.60. The molecule has 0 aromatic rings. The van der Waals surface area contributed by atoms with Gasteiger partial charge in [-0.15, -0.1) is 0 Å². The predicted octanol–water partition coefficient (Wildman–Crippen LogP) is -0.909. The first-order chi connectivity index (χ1) is 2.56. The van der Waals surface area contributed by atoms with Crippen LogP contribution in [0.2, 0.25) is 0 Å². The smallest absolute Gasteiger partial charge is 0.726 e. The van der Waals surface area contributed by atoms with Crippen LogP contribution in [0.4, 0.5) is 0 Å². The second-order valence-electron chi connectivity index (χ2n) is 0.575. The molecule has 0 amide bonds. The minimum absolute atomic E-state index is 0. The molecule has 0 aliphatic carbocycles. The van der Waals surface area contributed by atoms with Crippen molar-refractivity contribution in [3.8, 4) is 0 Å². The average Bonchev–Trinajstić information content (AvgIpc) is 1.35. The normalized spacial score (nSPS) is 10.0. The van der Waals surface area contributed by atoms with Crippen LogP contribution in [0, 0.1) is 0 Å². The van der Waals surface area contributed by atoms with Crippen LogP contribution in [0.1, 0.15) is 0 Å². The molecule has 0 aromatic heterocycles. The van der Waals surface area contributed by atoms with Crippen LogP contribution in [0.5, 0.6) is 0 Å². The zero-order valence-corrected chi connectivity index (χ0v) is 5.64. The molecule has 0 spiro atoms. The Morgan fingerprint density at radius 1 is 1.57 bits per heavy atom. The Morgan fingerprint density at radius 2 is 1.71 bits per heavy atom. The summed E-state index contributed by atoms with van der Waals surface area (Å²) in [5, 5.41) is 0. The van der Waals surface area contributed by atoms with E-state index < -0.39 is 10.4 Å². The summed E-state index contributed by atoms with van der Waals surface area (Å²) in [6.45, 7) is 0. The Hall–Kier alpha value is 0.610. The second-order valence-corrected chi connectivity index (χ2v) is 1.72. The molecular weight excluding hydrogens is 216 g/mol. The average molecular weight is 219 g/mol. The third-order valence-corrected chi connectivity index (χ3v) is 0.612. The molecule has 0 aliphatic heterocycles. The molecule has 0 unspecified atom stereocenters. The Bertz CT molecular complexity index is 114. The van der Waals surface area contributed by atoms with Crippen molar-refractivity contribution in [1.82, 2.24) is 0 Å². The van der Waals surface area contributed by atoms with Crippen LogP contribution in [0.3, 0.4) is 0 Å². The van der Waals surface area contributed by atoms with E-state index in [0.29, 0.717) is 0 Å². The van der Waals surface area contributed by atoms with Gasteiger partial charge in [0, 0.05) is 0 Å². The van der Waals surface area contributed by atoms with Crippen LogP contribution in [0.15, 0.2) is 0 Å². The van der Waals surface area contributed by atoms with Gasteiger partial charge in [-0.1, -0.05) is 0 Å². The molecule has 0 saturated carbocycles. The van der Waals surface area contributed by atoms with Crippen molar-refractivity contribution in [2.45, 2.75) is 0 Å². The largest absolute Gasteiger partial charge is 1.00 e. The van der Waals surface area contributed by atoms with Gasteiger partial charge in [0.05, 0.1) is 7.11 Å². The fourth-order valence-corrected chi connectivity index (χ4v) is 0. The van der Waals surface area contributed by atoms with Crippen LogP contribution >= 0.6 is 0 Å². The van der Waals surface area contributed by atoms with Crippen molar-refractivity contribution in [2.24, 2.45) is 0 Å². The standard InChI is InChI=1S/CH4O4S.Ag/c1-5-6(2,3)4;/h1H3,(H,2,3,4);/q;+1/p-1. The summed E-state index contributed by atoms with van der Waals surface area (Å²) in [5.41, 5.74) is 0. The molecule has 48 valence electrons. The van der Waals surface area contributed by atoms with Gasteiger partial charge >= 0.3 is 22.4 Å². The maximum absolute atomic E-state index is 9.22. The van der Waals surface area contributed by atoms with E-state index >= 15 is 0 Å². The van der Waals surface area contributed by atoms with Gasteiger partial charge in [-0.25, -0.2) is 8.42 Å². The first kappa shape index (κ1) is 10.6. The monoisotopic (exact) mass is 218 g/mol. The van der Waals surface area contributed by atoms with Crippen LogP contribution < -0.4 is 0 Å². The first-order valence-electron chi connectivity index (χ1n) is 1.07. The van der Waals surface area contributed by atoms with Crippen molar-refractivity contribution < 1.29 is 39.5 Å². The molecule has 0 saturated heterocycles. The summed E-state index contributed by atoms with van der Waals surface area (Å²) < 4.78 is 31.0. The van der Waals surface area contributed by atoms with E-state index in [1.54, 1.807) is 0 Å². The van der Waals surface area contributed by atoms with E-state index in [0.717, 1.165) is 7.11 Å². The molecule has 0 radical (unpaired) electrons. The molecule has 7 heavy (non-hydrogen) atoms. The number of hydrogen-bond donors (Lipinski definition) is 0. The summed E-state index contributed by atoms with van der Waals surface area (Å²) >= 11 is 0. The van der Waals surface area contributed by atoms with E-state index in [1.165, 1.54) is 0 Å². The Labute approximate surface area is 57.3 Å². The molecule has 0 heterocycles.